The van der Waals surface area contributed by atoms with Crippen LogP contribution in [0.2, 0.25) is 0 Å². The molecule has 0 bridgehead atoms. The first-order valence-corrected chi connectivity index (χ1v) is 6.38. The Kier molecular flexibility index (Phi) is 4.03. The van der Waals surface area contributed by atoms with Crippen LogP contribution in [0.15, 0.2) is 12.1 Å². The van der Waals surface area contributed by atoms with Crippen LogP contribution in [0.5, 0.6) is 11.5 Å². The fraction of sp³-hybridized carbons (Fsp3) is 0.571. The smallest absolute Gasteiger partial charge is 0.123 e. The summed E-state index contributed by atoms with van der Waals surface area (Å²) in [5.41, 5.74) is 8.62. The van der Waals surface area contributed by atoms with Crippen molar-refractivity contribution < 1.29 is 9.47 Å². The molecular formula is C14H20ClNO2. The van der Waals surface area contributed by atoms with Gasteiger partial charge < -0.3 is 15.2 Å². The van der Waals surface area contributed by atoms with E-state index in [0.29, 0.717) is 18.4 Å². The largest absolute Gasteiger partial charge is 0.496 e. The minimum absolute atomic E-state index is 0. The van der Waals surface area contributed by atoms with Crippen molar-refractivity contribution in [2.75, 3.05) is 20.3 Å². The van der Waals surface area contributed by atoms with E-state index in [0.717, 1.165) is 18.1 Å². The number of rotatable bonds is 2. The standard InChI is InChI=1S/C14H19NO2.ClH/c1-16-11-5-6-12-14-10(8-17-12)4-2-3-9(7-15)13(11)14;/h5-6,9-10H,2-4,7-8,15H2,1H3;1H. The van der Waals surface area contributed by atoms with Gasteiger partial charge in [0.25, 0.3) is 0 Å². The lowest BCUT2D eigenvalue weighted by atomic mass is 9.89. The molecule has 1 aliphatic heterocycles. The fourth-order valence-electron chi connectivity index (χ4n) is 3.23. The number of halogens is 1. The maximum absolute atomic E-state index is 5.93. The summed E-state index contributed by atoms with van der Waals surface area (Å²) < 4.78 is 11.3. The topological polar surface area (TPSA) is 44.5 Å². The van der Waals surface area contributed by atoms with E-state index < -0.39 is 0 Å². The molecule has 0 spiro atoms. The van der Waals surface area contributed by atoms with E-state index in [-0.39, 0.29) is 12.4 Å². The summed E-state index contributed by atoms with van der Waals surface area (Å²) in [7, 11) is 1.74. The minimum atomic E-state index is 0. The monoisotopic (exact) mass is 269 g/mol. The van der Waals surface area contributed by atoms with E-state index >= 15 is 0 Å². The summed E-state index contributed by atoms with van der Waals surface area (Å²) in [5, 5.41) is 0. The van der Waals surface area contributed by atoms with Crippen LogP contribution in [0.1, 0.15) is 42.2 Å². The molecule has 0 aromatic heterocycles. The normalized spacial score (nSPS) is 24.6. The second kappa shape index (κ2) is 5.37. The molecule has 0 fully saturated rings. The quantitative estimate of drug-likeness (QED) is 0.898. The summed E-state index contributed by atoms with van der Waals surface area (Å²) in [4.78, 5) is 0. The van der Waals surface area contributed by atoms with Crippen molar-refractivity contribution in [1.29, 1.82) is 0 Å². The van der Waals surface area contributed by atoms with Crippen LogP contribution < -0.4 is 15.2 Å². The summed E-state index contributed by atoms with van der Waals surface area (Å²) in [6, 6.07) is 4.06. The average Bonchev–Trinajstić information content (AvgIpc) is 2.67. The van der Waals surface area contributed by atoms with Crippen LogP contribution in [-0.2, 0) is 0 Å². The Balaban J connectivity index is 0.00000120. The second-order valence-corrected chi connectivity index (χ2v) is 4.96. The Labute approximate surface area is 114 Å². The van der Waals surface area contributed by atoms with Gasteiger partial charge in [-0.25, -0.2) is 0 Å². The van der Waals surface area contributed by atoms with Gasteiger partial charge in [-0.2, -0.15) is 0 Å². The van der Waals surface area contributed by atoms with Crippen molar-refractivity contribution in [2.45, 2.75) is 31.1 Å². The molecular weight excluding hydrogens is 250 g/mol. The van der Waals surface area contributed by atoms with E-state index in [1.54, 1.807) is 7.11 Å². The molecule has 100 valence electrons. The van der Waals surface area contributed by atoms with Crippen molar-refractivity contribution in [3.8, 4) is 11.5 Å². The Morgan fingerprint density at radius 3 is 2.89 bits per heavy atom. The molecule has 1 heterocycles. The fourth-order valence-corrected chi connectivity index (χ4v) is 3.23. The van der Waals surface area contributed by atoms with Crippen LogP contribution >= 0.6 is 12.4 Å². The molecule has 0 saturated carbocycles. The zero-order valence-corrected chi connectivity index (χ0v) is 11.5. The van der Waals surface area contributed by atoms with E-state index in [1.165, 1.54) is 30.4 Å². The van der Waals surface area contributed by atoms with Gasteiger partial charge >= 0.3 is 0 Å². The van der Waals surface area contributed by atoms with Crippen molar-refractivity contribution in [3.05, 3.63) is 23.3 Å². The summed E-state index contributed by atoms with van der Waals surface area (Å²) in [5.74, 6) is 3.00. The maximum atomic E-state index is 5.93. The lowest BCUT2D eigenvalue weighted by Crippen LogP contribution is -2.14. The molecule has 4 heteroatoms. The second-order valence-electron chi connectivity index (χ2n) is 4.96. The van der Waals surface area contributed by atoms with Crippen LogP contribution in [-0.4, -0.2) is 20.3 Å². The van der Waals surface area contributed by atoms with Gasteiger partial charge in [0.05, 0.1) is 13.7 Å². The maximum Gasteiger partial charge on any atom is 0.123 e. The highest BCUT2D eigenvalue weighted by Gasteiger charge is 2.34. The van der Waals surface area contributed by atoms with Gasteiger partial charge in [-0.05, 0) is 31.5 Å². The van der Waals surface area contributed by atoms with Gasteiger partial charge in [-0.15, -0.1) is 12.4 Å². The molecule has 2 N–H and O–H groups in total. The van der Waals surface area contributed by atoms with Crippen molar-refractivity contribution >= 4 is 12.4 Å². The summed E-state index contributed by atoms with van der Waals surface area (Å²) in [6.07, 6.45) is 3.61. The Hall–Kier alpha value is -0.930. The van der Waals surface area contributed by atoms with E-state index in [9.17, 15) is 0 Å². The first kappa shape index (κ1) is 13.5. The van der Waals surface area contributed by atoms with Gasteiger partial charge in [0.1, 0.15) is 11.5 Å². The predicted octanol–water partition coefficient (Wildman–Crippen LogP) is 2.82. The first-order valence-electron chi connectivity index (χ1n) is 6.38. The molecule has 2 aliphatic rings. The van der Waals surface area contributed by atoms with Gasteiger partial charge in [-0.1, -0.05) is 6.42 Å². The van der Waals surface area contributed by atoms with Gasteiger partial charge in [0.15, 0.2) is 0 Å². The number of nitrogens with two attached hydrogens (primary N) is 1. The SMILES string of the molecule is COc1ccc2c3c1C(CN)CCCC3CO2.Cl. The first-order chi connectivity index (χ1) is 8.35. The number of ether oxygens (including phenoxy) is 2. The third-order valence-corrected chi connectivity index (χ3v) is 4.07. The molecule has 2 unspecified atom stereocenters. The molecule has 1 aromatic carbocycles. The molecule has 0 radical (unpaired) electrons. The Morgan fingerprint density at radius 1 is 1.33 bits per heavy atom. The number of benzene rings is 1. The van der Waals surface area contributed by atoms with Crippen molar-refractivity contribution in [3.63, 3.8) is 0 Å². The molecule has 3 rings (SSSR count). The average molecular weight is 270 g/mol. The molecule has 0 saturated heterocycles. The summed E-state index contributed by atoms with van der Waals surface area (Å²) in [6.45, 7) is 1.52. The molecule has 1 aliphatic carbocycles. The highest BCUT2D eigenvalue weighted by molar-refractivity contribution is 5.85. The predicted molar refractivity (Wildman–Crippen MR) is 74.1 cm³/mol. The van der Waals surface area contributed by atoms with Crippen LogP contribution in [0.25, 0.3) is 0 Å². The van der Waals surface area contributed by atoms with Crippen molar-refractivity contribution in [1.82, 2.24) is 0 Å². The van der Waals surface area contributed by atoms with Gasteiger partial charge in [0.2, 0.25) is 0 Å². The van der Waals surface area contributed by atoms with E-state index in [4.69, 9.17) is 15.2 Å². The third-order valence-electron chi connectivity index (χ3n) is 4.07. The van der Waals surface area contributed by atoms with Gasteiger partial charge in [-0.3, -0.25) is 0 Å². The zero-order chi connectivity index (χ0) is 11.8. The van der Waals surface area contributed by atoms with Gasteiger partial charge in [0, 0.05) is 23.0 Å². The molecule has 3 nitrogen and oxygen atoms in total. The van der Waals surface area contributed by atoms with Crippen molar-refractivity contribution in [2.24, 2.45) is 5.73 Å². The number of methoxy groups -OCH3 is 1. The molecule has 2 atom stereocenters. The van der Waals surface area contributed by atoms with Crippen LogP contribution in [0, 0.1) is 0 Å². The number of hydrogen-bond acceptors (Lipinski definition) is 3. The number of hydrogen-bond donors (Lipinski definition) is 1. The lowest BCUT2D eigenvalue weighted by molar-refractivity contribution is 0.322. The van der Waals surface area contributed by atoms with E-state index in [1.807, 2.05) is 12.1 Å². The Morgan fingerprint density at radius 2 is 2.17 bits per heavy atom. The van der Waals surface area contributed by atoms with Crippen LogP contribution in [0.3, 0.4) is 0 Å². The molecule has 1 aromatic rings. The zero-order valence-electron chi connectivity index (χ0n) is 10.6. The highest BCUT2D eigenvalue weighted by atomic mass is 35.5. The highest BCUT2D eigenvalue weighted by Crippen LogP contribution is 2.48. The lowest BCUT2D eigenvalue weighted by Gasteiger charge is -2.19. The molecule has 18 heavy (non-hydrogen) atoms. The van der Waals surface area contributed by atoms with Crippen LogP contribution in [0.4, 0.5) is 0 Å². The summed E-state index contributed by atoms with van der Waals surface area (Å²) >= 11 is 0. The third kappa shape index (κ3) is 1.95. The minimum Gasteiger partial charge on any atom is -0.496 e. The molecule has 0 amide bonds. The van der Waals surface area contributed by atoms with E-state index in [2.05, 4.69) is 0 Å². The Bertz CT molecular complexity index is 436.